The first-order chi connectivity index (χ1) is 16.5. The number of amides is 2. The van der Waals surface area contributed by atoms with Crippen molar-refractivity contribution in [3.8, 4) is 11.5 Å². The van der Waals surface area contributed by atoms with Gasteiger partial charge in [-0.15, -0.1) is 0 Å². The molecule has 2 amide bonds. The van der Waals surface area contributed by atoms with E-state index in [0.717, 1.165) is 22.5 Å². The van der Waals surface area contributed by atoms with E-state index in [1.807, 2.05) is 6.92 Å². The van der Waals surface area contributed by atoms with Crippen molar-refractivity contribution in [2.45, 2.75) is 32.9 Å². The largest absolute Gasteiger partial charge is 0.497 e. The highest BCUT2D eigenvalue weighted by Gasteiger charge is 2.31. The standard InChI is InChI=1S/C24H32ClN3O6S/c1-6-13-26-24(30)17(2)27(15-18-7-9-19(25)10-8-18)23(29)16-28(35(5,31)32)21-12-11-20(33-3)14-22(21)34-4/h7-12,14,17H,6,13,15-16H2,1-5H3,(H,26,30)/t17-/m0/s1. The lowest BCUT2D eigenvalue weighted by molar-refractivity contribution is -0.139. The lowest BCUT2D eigenvalue weighted by Gasteiger charge is -2.32. The second-order valence-corrected chi connectivity index (χ2v) is 10.3. The van der Waals surface area contributed by atoms with Crippen molar-refractivity contribution in [3.63, 3.8) is 0 Å². The van der Waals surface area contributed by atoms with Crippen LogP contribution in [0.3, 0.4) is 0 Å². The average Bonchev–Trinajstić information content (AvgIpc) is 2.83. The van der Waals surface area contributed by atoms with Gasteiger partial charge < -0.3 is 19.7 Å². The summed E-state index contributed by atoms with van der Waals surface area (Å²) in [5.41, 5.74) is 0.921. The van der Waals surface area contributed by atoms with E-state index in [2.05, 4.69) is 5.32 Å². The quantitative estimate of drug-likeness (QED) is 0.456. The molecule has 1 atom stereocenters. The van der Waals surface area contributed by atoms with Crippen LogP contribution in [-0.2, 0) is 26.2 Å². The van der Waals surface area contributed by atoms with Gasteiger partial charge in [0.05, 0.1) is 26.2 Å². The number of rotatable bonds is 12. The molecule has 0 aliphatic heterocycles. The zero-order valence-corrected chi connectivity index (χ0v) is 22.1. The molecule has 9 nitrogen and oxygen atoms in total. The molecule has 0 aliphatic rings. The number of ether oxygens (including phenoxy) is 2. The lowest BCUT2D eigenvalue weighted by Crippen LogP contribution is -2.51. The van der Waals surface area contributed by atoms with Crippen molar-refractivity contribution in [1.82, 2.24) is 10.2 Å². The number of nitrogens with zero attached hydrogens (tertiary/aromatic N) is 2. The van der Waals surface area contributed by atoms with Crippen LogP contribution in [0.25, 0.3) is 0 Å². The van der Waals surface area contributed by atoms with Gasteiger partial charge in [-0.3, -0.25) is 13.9 Å². The highest BCUT2D eigenvalue weighted by atomic mass is 35.5. The normalized spacial score (nSPS) is 11.9. The molecule has 0 heterocycles. The van der Waals surface area contributed by atoms with Crippen LogP contribution in [0.2, 0.25) is 5.02 Å². The maximum absolute atomic E-state index is 13.5. The summed E-state index contributed by atoms with van der Waals surface area (Å²) in [6.45, 7) is 3.56. The molecule has 2 aromatic carbocycles. The molecule has 0 spiro atoms. The van der Waals surface area contributed by atoms with Crippen molar-refractivity contribution in [1.29, 1.82) is 0 Å². The molecule has 0 saturated carbocycles. The van der Waals surface area contributed by atoms with Crippen LogP contribution in [0, 0.1) is 0 Å². The molecule has 0 saturated heterocycles. The number of benzene rings is 2. The van der Waals surface area contributed by atoms with Gasteiger partial charge in [-0.2, -0.15) is 0 Å². The molecule has 1 N–H and O–H groups in total. The van der Waals surface area contributed by atoms with Crippen molar-refractivity contribution in [3.05, 3.63) is 53.1 Å². The predicted octanol–water partition coefficient (Wildman–Crippen LogP) is 3.07. The van der Waals surface area contributed by atoms with Crippen LogP contribution in [0.4, 0.5) is 5.69 Å². The number of hydrogen-bond donors (Lipinski definition) is 1. The molecule has 2 aromatic rings. The lowest BCUT2D eigenvalue weighted by atomic mass is 10.1. The summed E-state index contributed by atoms with van der Waals surface area (Å²) in [6, 6.07) is 10.6. The molecule has 0 radical (unpaired) electrons. The third-order valence-electron chi connectivity index (χ3n) is 5.32. The second-order valence-electron chi connectivity index (χ2n) is 7.92. The molecule has 0 unspecified atom stereocenters. The number of methoxy groups -OCH3 is 2. The third kappa shape index (κ3) is 7.76. The van der Waals surface area contributed by atoms with Crippen molar-refractivity contribution in [2.24, 2.45) is 0 Å². The Kier molecular flexibility index (Phi) is 10.2. The van der Waals surface area contributed by atoms with Crippen LogP contribution in [0.5, 0.6) is 11.5 Å². The Morgan fingerprint density at radius 1 is 1.09 bits per heavy atom. The minimum atomic E-state index is -3.89. The first-order valence-corrected chi connectivity index (χ1v) is 13.3. The Morgan fingerprint density at radius 3 is 2.29 bits per heavy atom. The molecular weight excluding hydrogens is 494 g/mol. The molecule has 0 fully saturated rings. The Morgan fingerprint density at radius 2 is 1.74 bits per heavy atom. The van der Waals surface area contributed by atoms with Crippen molar-refractivity contribution >= 4 is 39.1 Å². The molecule has 0 aromatic heterocycles. The number of carbonyl (C=O) groups excluding carboxylic acids is 2. The highest BCUT2D eigenvalue weighted by molar-refractivity contribution is 7.92. The van der Waals surface area contributed by atoms with E-state index in [1.165, 1.54) is 31.3 Å². The number of hydrogen-bond acceptors (Lipinski definition) is 6. The maximum Gasteiger partial charge on any atom is 0.244 e. The second kappa shape index (κ2) is 12.6. The Labute approximate surface area is 212 Å². The van der Waals surface area contributed by atoms with E-state index in [0.29, 0.717) is 17.3 Å². The van der Waals surface area contributed by atoms with Gasteiger partial charge in [-0.05, 0) is 43.2 Å². The zero-order chi connectivity index (χ0) is 26.2. The highest BCUT2D eigenvalue weighted by Crippen LogP contribution is 2.33. The van der Waals surface area contributed by atoms with E-state index in [1.54, 1.807) is 37.3 Å². The number of nitrogens with one attached hydrogen (secondary N) is 1. The van der Waals surface area contributed by atoms with Gasteiger partial charge >= 0.3 is 0 Å². The molecule has 0 aliphatic carbocycles. The topological polar surface area (TPSA) is 105 Å². The van der Waals surface area contributed by atoms with Gasteiger partial charge in [0, 0.05) is 24.2 Å². The van der Waals surface area contributed by atoms with Gasteiger partial charge in [0.2, 0.25) is 21.8 Å². The van der Waals surface area contributed by atoms with Gasteiger partial charge in [0.1, 0.15) is 24.1 Å². The average molecular weight is 526 g/mol. The molecule has 192 valence electrons. The van der Waals surface area contributed by atoms with Crippen LogP contribution < -0.4 is 19.1 Å². The number of anilines is 1. The van der Waals surface area contributed by atoms with Crippen LogP contribution in [0.1, 0.15) is 25.8 Å². The van der Waals surface area contributed by atoms with Crippen molar-refractivity contribution < 1.29 is 27.5 Å². The number of sulfonamides is 1. The third-order valence-corrected chi connectivity index (χ3v) is 6.70. The molecule has 35 heavy (non-hydrogen) atoms. The summed E-state index contributed by atoms with van der Waals surface area (Å²) in [6.07, 6.45) is 1.74. The Bertz CT molecular complexity index is 1120. The van der Waals surface area contributed by atoms with E-state index in [-0.39, 0.29) is 23.9 Å². The Hall–Kier alpha value is -2.98. The molecule has 0 bridgehead atoms. The summed E-state index contributed by atoms with van der Waals surface area (Å²) in [7, 11) is -1.02. The fourth-order valence-corrected chi connectivity index (χ4v) is 4.33. The fourth-order valence-electron chi connectivity index (χ4n) is 3.35. The molecule has 11 heteroatoms. The molecule has 2 rings (SSSR count). The van der Waals surface area contributed by atoms with Crippen LogP contribution in [0.15, 0.2) is 42.5 Å². The van der Waals surface area contributed by atoms with E-state index >= 15 is 0 Å². The SMILES string of the molecule is CCCNC(=O)[C@H](C)N(Cc1ccc(Cl)cc1)C(=O)CN(c1ccc(OC)cc1OC)S(C)(=O)=O. The van der Waals surface area contributed by atoms with Gasteiger partial charge in [-0.25, -0.2) is 8.42 Å². The molecular formula is C24H32ClN3O6S. The van der Waals surface area contributed by atoms with E-state index in [9.17, 15) is 18.0 Å². The summed E-state index contributed by atoms with van der Waals surface area (Å²) in [5, 5.41) is 3.33. The Balaban J connectivity index is 2.43. The fraction of sp³-hybridized carbons (Fsp3) is 0.417. The van der Waals surface area contributed by atoms with Gasteiger partial charge in [0.25, 0.3) is 0 Å². The minimum absolute atomic E-state index is 0.0913. The van der Waals surface area contributed by atoms with E-state index in [4.69, 9.17) is 21.1 Å². The summed E-state index contributed by atoms with van der Waals surface area (Å²) >= 11 is 5.98. The summed E-state index contributed by atoms with van der Waals surface area (Å²) in [5.74, 6) is -0.194. The van der Waals surface area contributed by atoms with Gasteiger partial charge in [0.15, 0.2) is 0 Å². The first kappa shape index (κ1) is 28.3. The minimum Gasteiger partial charge on any atom is -0.497 e. The monoisotopic (exact) mass is 525 g/mol. The number of halogens is 1. The smallest absolute Gasteiger partial charge is 0.244 e. The van der Waals surface area contributed by atoms with E-state index < -0.39 is 28.5 Å². The summed E-state index contributed by atoms with van der Waals surface area (Å²) in [4.78, 5) is 27.6. The van der Waals surface area contributed by atoms with Crippen LogP contribution >= 0.6 is 11.6 Å². The van der Waals surface area contributed by atoms with Gasteiger partial charge in [-0.1, -0.05) is 30.7 Å². The predicted molar refractivity (Wildman–Crippen MR) is 137 cm³/mol. The first-order valence-electron chi connectivity index (χ1n) is 11.0. The zero-order valence-electron chi connectivity index (χ0n) is 20.6. The maximum atomic E-state index is 13.5. The number of carbonyl (C=O) groups is 2. The summed E-state index contributed by atoms with van der Waals surface area (Å²) < 4.78 is 37.0. The van der Waals surface area contributed by atoms with Crippen LogP contribution in [-0.4, -0.2) is 64.7 Å². The van der Waals surface area contributed by atoms with Crippen molar-refractivity contribution in [2.75, 3.05) is 37.9 Å².